The summed E-state index contributed by atoms with van der Waals surface area (Å²) in [5.41, 5.74) is 0. The van der Waals surface area contributed by atoms with Gasteiger partial charge in [-0.25, -0.2) is 0 Å². The standard InChI is InChI=1S/C6H6O3/c7-5-2-1-4-3-8-6(5)9-4/h1-2,4,6H,3H2/t4-,6?/m1/s1. The molecule has 0 saturated carbocycles. The van der Waals surface area contributed by atoms with Crippen LogP contribution in [-0.4, -0.2) is 24.8 Å². The Morgan fingerprint density at radius 2 is 2.56 bits per heavy atom. The van der Waals surface area contributed by atoms with Crippen LogP contribution in [0.4, 0.5) is 0 Å². The molecule has 0 aromatic heterocycles. The van der Waals surface area contributed by atoms with E-state index in [-0.39, 0.29) is 11.9 Å². The number of fused-ring (bicyclic) bond motifs is 2. The van der Waals surface area contributed by atoms with Gasteiger partial charge in [0, 0.05) is 0 Å². The molecular formula is C6H6O3. The summed E-state index contributed by atoms with van der Waals surface area (Å²) in [5, 5.41) is 0. The van der Waals surface area contributed by atoms with E-state index in [1.807, 2.05) is 0 Å². The van der Waals surface area contributed by atoms with Gasteiger partial charge in [-0.1, -0.05) is 0 Å². The zero-order valence-electron chi connectivity index (χ0n) is 4.74. The third-order valence-corrected chi connectivity index (χ3v) is 1.42. The summed E-state index contributed by atoms with van der Waals surface area (Å²) in [6.07, 6.45) is 2.67. The number of ketones is 1. The maximum Gasteiger partial charge on any atom is 0.222 e. The third kappa shape index (κ3) is 0.693. The normalized spacial score (nSPS) is 39.8. The first kappa shape index (κ1) is 5.14. The van der Waals surface area contributed by atoms with Gasteiger partial charge in [0.05, 0.1) is 6.61 Å². The van der Waals surface area contributed by atoms with E-state index in [1.165, 1.54) is 6.08 Å². The van der Waals surface area contributed by atoms with Gasteiger partial charge in [0.2, 0.25) is 12.1 Å². The Morgan fingerprint density at radius 3 is 3.33 bits per heavy atom. The topological polar surface area (TPSA) is 35.5 Å². The summed E-state index contributed by atoms with van der Waals surface area (Å²) in [4.78, 5) is 10.7. The van der Waals surface area contributed by atoms with E-state index in [0.29, 0.717) is 6.61 Å². The van der Waals surface area contributed by atoms with Crippen LogP contribution in [0, 0.1) is 0 Å². The number of carbonyl (C=O) groups is 1. The highest BCUT2D eigenvalue weighted by atomic mass is 16.7. The maximum absolute atomic E-state index is 10.7. The van der Waals surface area contributed by atoms with Gasteiger partial charge < -0.3 is 9.47 Å². The predicted octanol–water partition coefficient (Wildman–Crippen LogP) is -0.133. The second-order valence-corrected chi connectivity index (χ2v) is 2.10. The lowest BCUT2D eigenvalue weighted by atomic mass is 10.2. The molecule has 0 N–H and O–H groups in total. The van der Waals surface area contributed by atoms with Crippen molar-refractivity contribution in [1.29, 1.82) is 0 Å². The Labute approximate surface area is 52.3 Å². The van der Waals surface area contributed by atoms with Crippen molar-refractivity contribution in [3.63, 3.8) is 0 Å². The Bertz CT molecular complexity index is 173. The third-order valence-electron chi connectivity index (χ3n) is 1.42. The molecule has 0 aromatic carbocycles. The van der Waals surface area contributed by atoms with Crippen LogP contribution in [0.2, 0.25) is 0 Å². The fraction of sp³-hybridized carbons (Fsp3) is 0.500. The summed E-state index contributed by atoms with van der Waals surface area (Å²) in [6, 6.07) is 0. The minimum Gasteiger partial charge on any atom is -0.343 e. The van der Waals surface area contributed by atoms with Crippen LogP contribution >= 0.6 is 0 Å². The molecule has 2 atom stereocenters. The molecule has 0 aliphatic carbocycles. The van der Waals surface area contributed by atoms with Crippen LogP contribution in [-0.2, 0) is 14.3 Å². The van der Waals surface area contributed by atoms with Crippen LogP contribution in [0.15, 0.2) is 12.2 Å². The summed E-state index contributed by atoms with van der Waals surface area (Å²) < 4.78 is 10.0. The van der Waals surface area contributed by atoms with Gasteiger partial charge in [-0.3, -0.25) is 4.79 Å². The second kappa shape index (κ2) is 1.65. The Hall–Kier alpha value is -0.670. The lowest BCUT2D eigenvalue weighted by molar-refractivity contribution is -0.141. The van der Waals surface area contributed by atoms with E-state index < -0.39 is 6.29 Å². The molecule has 1 unspecified atom stereocenters. The van der Waals surface area contributed by atoms with Crippen molar-refractivity contribution >= 4 is 5.78 Å². The molecule has 0 radical (unpaired) electrons. The first-order chi connectivity index (χ1) is 4.36. The minimum absolute atomic E-state index is 0.0210. The molecule has 0 spiro atoms. The first-order valence-corrected chi connectivity index (χ1v) is 2.85. The van der Waals surface area contributed by atoms with Crippen LogP contribution < -0.4 is 0 Å². The molecule has 1 saturated heterocycles. The highest BCUT2D eigenvalue weighted by Crippen LogP contribution is 2.17. The molecule has 2 aliphatic rings. The molecule has 2 aliphatic heterocycles. The molecule has 48 valence electrons. The van der Waals surface area contributed by atoms with Crippen molar-refractivity contribution in [1.82, 2.24) is 0 Å². The molecule has 2 rings (SSSR count). The highest BCUT2D eigenvalue weighted by Gasteiger charge is 2.32. The van der Waals surface area contributed by atoms with Crippen molar-refractivity contribution in [2.45, 2.75) is 12.4 Å². The highest BCUT2D eigenvalue weighted by molar-refractivity contribution is 5.93. The fourth-order valence-corrected chi connectivity index (χ4v) is 0.950. The van der Waals surface area contributed by atoms with E-state index >= 15 is 0 Å². The molecule has 2 heterocycles. The van der Waals surface area contributed by atoms with Crippen molar-refractivity contribution in [3.8, 4) is 0 Å². The number of rotatable bonds is 0. The summed E-state index contributed by atoms with van der Waals surface area (Å²) in [7, 11) is 0. The predicted molar refractivity (Wildman–Crippen MR) is 28.8 cm³/mol. The van der Waals surface area contributed by atoms with Crippen molar-refractivity contribution < 1.29 is 14.3 Å². The zero-order valence-corrected chi connectivity index (χ0v) is 4.74. The van der Waals surface area contributed by atoms with Gasteiger partial charge in [-0.2, -0.15) is 0 Å². The van der Waals surface area contributed by atoms with E-state index in [9.17, 15) is 4.79 Å². The SMILES string of the molecule is O=C1C=C[C@@H]2COC1O2. The molecular weight excluding hydrogens is 120 g/mol. The average molecular weight is 126 g/mol. The lowest BCUT2D eigenvalue weighted by Gasteiger charge is -2.09. The second-order valence-electron chi connectivity index (χ2n) is 2.10. The van der Waals surface area contributed by atoms with Gasteiger partial charge in [0.25, 0.3) is 0 Å². The van der Waals surface area contributed by atoms with E-state index in [1.54, 1.807) is 6.08 Å². The van der Waals surface area contributed by atoms with Gasteiger partial charge in [0.15, 0.2) is 0 Å². The Balaban J connectivity index is 2.29. The Kier molecular flexibility index (Phi) is 0.944. The molecule has 2 bridgehead atoms. The minimum atomic E-state index is -0.597. The largest absolute Gasteiger partial charge is 0.343 e. The van der Waals surface area contributed by atoms with E-state index in [2.05, 4.69) is 0 Å². The lowest BCUT2D eigenvalue weighted by Crippen LogP contribution is -2.23. The van der Waals surface area contributed by atoms with Crippen LogP contribution in [0.1, 0.15) is 0 Å². The molecule has 1 fully saturated rings. The van der Waals surface area contributed by atoms with E-state index in [0.717, 1.165) is 0 Å². The van der Waals surface area contributed by atoms with Gasteiger partial charge in [-0.15, -0.1) is 0 Å². The monoisotopic (exact) mass is 126 g/mol. The maximum atomic E-state index is 10.7. The fourth-order valence-electron chi connectivity index (χ4n) is 0.950. The van der Waals surface area contributed by atoms with E-state index in [4.69, 9.17) is 9.47 Å². The van der Waals surface area contributed by atoms with Gasteiger partial charge >= 0.3 is 0 Å². The molecule has 0 amide bonds. The quantitative estimate of drug-likeness (QED) is 0.453. The number of ether oxygens (including phenoxy) is 2. The van der Waals surface area contributed by atoms with Crippen LogP contribution in [0.3, 0.4) is 0 Å². The van der Waals surface area contributed by atoms with Crippen molar-refractivity contribution in [2.75, 3.05) is 6.61 Å². The summed E-state index contributed by atoms with van der Waals surface area (Å²) >= 11 is 0. The average Bonchev–Trinajstić information content (AvgIpc) is 2.25. The van der Waals surface area contributed by atoms with Crippen LogP contribution in [0.25, 0.3) is 0 Å². The number of carbonyl (C=O) groups excluding carboxylic acids is 1. The summed E-state index contributed by atoms with van der Waals surface area (Å²) in [6.45, 7) is 0.521. The van der Waals surface area contributed by atoms with Crippen molar-refractivity contribution in [3.05, 3.63) is 12.2 Å². The number of hydrogen-bond donors (Lipinski definition) is 0. The van der Waals surface area contributed by atoms with Crippen molar-refractivity contribution in [2.24, 2.45) is 0 Å². The molecule has 0 aromatic rings. The molecule has 9 heavy (non-hydrogen) atoms. The molecule has 3 nitrogen and oxygen atoms in total. The number of hydrogen-bond acceptors (Lipinski definition) is 3. The molecule has 3 heteroatoms. The first-order valence-electron chi connectivity index (χ1n) is 2.85. The Morgan fingerprint density at radius 1 is 1.67 bits per heavy atom. The van der Waals surface area contributed by atoms with Gasteiger partial charge in [-0.05, 0) is 12.2 Å². The van der Waals surface area contributed by atoms with Crippen LogP contribution in [0.5, 0.6) is 0 Å². The smallest absolute Gasteiger partial charge is 0.222 e. The summed E-state index contributed by atoms with van der Waals surface area (Å²) in [5.74, 6) is -0.0799. The van der Waals surface area contributed by atoms with Gasteiger partial charge in [0.1, 0.15) is 6.10 Å². The zero-order chi connectivity index (χ0) is 6.27.